The highest BCUT2D eigenvalue weighted by Gasteiger charge is 1.71. The molecule has 0 spiro atoms. The first-order chi connectivity index (χ1) is 4.31. The lowest BCUT2D eigenvalue weighted by Gasteiger charge is -1.82. The molecule has 1 nitrogen and oxygen atoms in total. The Kier molecular flexibility index (Phi) is 4.60. The molecule has 0 bridgehead atoms. The van der Waals surface area contributed by atoms with Gasteiger partial charge in [-0.3, -0.25) is 0 Å². The zero-order valence-electron chi connectivity index (χ0n) is 5.96. The minimum absolute atomic E-state index is 1.24. The summed E-state index contributed by atoms with van der Waals surface area (Å²) in [5.41, 5.74) is 6.35. The summed E-state index contributed by atoms with van der Waals surface area (Å²) >= 11 is 0. The predicted molar refractivity (Wildman–Crippen MR) is 41.9 cm³/mol. The summed E-state index contributed by atoms with van der Waals surface area (Å²) < 4.78 is 0. The molecule has 0 saturated carbocycles. The van der Waals surface area contributed by atoms with Gasteiger partial charge in [-0.15, -0.1) is 0 Å². The van der Waals surface area contributed by atoms with Crippen molar-refractivity contribution in [2.45, 2.75) is 13.8 Å². The Morgan fingerprint density at radius 2 is 2.00 bits per heavy atom. The van der Waals surface area contributed by atoms with Gasteiger partial charge in [0.05, 0.1) is 0 Å². The quantitative estimate of drug-likeness (QED) is 0.558. The van der Waals surface area contributed by atoms with Crippen molar-refractivity contribution < 1.29 is 0 Å². The lowest BCUT2D eigenvalue weighted by molar-refractivity contribution is 1.47. The Bertz CT molecular complexity index is 141. The van der Waals surface area contributed by atoms with Crippen molar-refractivity contribution in [3.05, 3.63) is 36.1 Å². The normalized spacial score (nSPS) is 13.8. The van der Waals surface area contributed by atoms with Crippen molar-refractivity contribution >= 4 is 0 Å². The van der Waals surface area contributed by atoms with Gasteiger partial charge in [-0.25, -0.2) is 0 Å². The molecular weight excluding hydrogens is 110 g/mol. The topological polar surface area (TPSA) is 26.0 Å². The molecule has 0 heterocycles. The van der Waals surface area contributed by atoms with Crippen LogP contribution in [-0.2, 0) is 0 Å². The monoisotopic (exact) mass is 123 g/mol. The van der Waals surface area contributed by atoms with E-state index >= 15 is 0 Å². The molecule has 0 amide bonds. The molecule has 0 fully saturated rings. The average Bonchev–Trinajstić information content (AvgIpc) is 1.89. The summed E-state index contributed by atoms with van der Waals surface area (Å²) in [6.07, 6.45) is 9.27. The van der Waals surface area contributed by atoms with E-state index in [9.17, 15) is 0 Å². The molecule has 50 valence electrons. The third kappa shape index (κ3) is 4.88. The third-order valence-corrected chi connectivity index (χ3v) is 1.04. The van der Waals surface area contributed by atoms with Crippen LogP contribution >= 0.6 is 0 Å². The van der Waals surface area contributed by atoms with E-state index in [-0.39, 0.29) is 0 Å². The average molecular weight is 123 g/mol. The molecule has 9 heavy (non-hydrogen) atoms. The van der Waals surface area contributed by atoms with Crippen LogP contribution in [-0.4, -0.2) is 0 Å². The number of nitrogens with two attached hydrogens (primary N) is 1. The number of rotatable bonds is 2. The molecule has 0 atom stereocenters. The molecular formula is C8H13N. The second kappa shape index (κ2) is 5.16. The Morgan fingerprint density at radius 1 is 1.33 bits per heavy atom. The third-order valence-electron chi connectivity index (χ3n) is 1.04. The van der Waals surface area contributed by atoms with Gasteiger partial charge < -0.3 is 5.73 Å². The zero-order valence-corrected chi connectivity index (χ0v) is 5.96. The lowest BCUT2D eigenvalue weighted by atomic mass is 10.3. The van der Waals surface area contributed by atoms with Crippen LogP contribution in [0.15, 0.2) is 36.1 Å². The molecule has 0 unspecified atom stereocenters. The van der Waals surface area contributed by atoms with Crippen LogP contribution in [0.5, 0.6) is 0 Å². The van der Waals surface area contributed by atoms with Crippen LogP contribution in [0.3, 0.4) is 0 Å². The molecule has 0 aromatic carbocycles. The summed E-state index contributed by atoms with van der Waals surface area (Å²) in [6, 6.07) is 0. The predicted octanol–water partition coefficient (Wildman–Crippen LogP) is 1.98. The molecule has 0 aromatic rings. The van der Waals surface area contributed by atoms with E-state index in [0.717, 1.165) is 0 Å². The summed E-state index contributed by atoms with van der Waals surface area (Å²) in [6.45, 7) is 4.05. The highest BCUT2D eigenvalue weighted by molar-refractivity contribution is 5.18. The van der Waals surface area contributed by atoms with E-state index in [0.29, 0.717) is 0 Å². The van der Waals surface area contributed by atoms with Gasteiger partial charge in [0.2, 0.25) is 0 Å². The van der Waals surface area contributed by atoms with Gasteiger partial charge in [-0.1, -0.05) is 23.8 Å². The largest absolute Gasteiger partial charge is 0.405 e. The van der Waals surface area contributed by atoms with Crippen LogP contribution < -0.4 is 5.73 Å². The van der Waals surface area contributed by atoms with Gasteiger partial charge in [-0.05, 0) is 26.1 Å². The minimum Gasteiger partial charge on any atom is -0.405 e. The van der Waals surface area contributed by atoms with Crippen molar-refractivity contribution in [1.29, 1.82) is 0 Å². The first kappa shape index (κ1) is 8.02. The summed E-state index contributed by atoms with van der Waals surface area (Å²) in [5.74, 6) is 0. The maximum Gasteiger partial charge on any atom is -0.00624 e. The Morgan fingerprint density at radius 3 is 2.44 bits per heavy atom. The van der Waals surface area contributed by atoms with Gasteiger partial charge in [0, 0.05) is 0 Å². The summed E-state index contributed by atoms with van der Waals surface area (Å²) in [7, 11) is 0. The van der Waals surface area contributed by atoms with E-state index in [1.54, 1.807) is 6.08 Å². The maximum absolute atomic E-state index is 5.10. The molecule has 0 aromatic heterocycles. The van der Waals surface area contributed by atoms with Crippen LogP contribution in [0, 0.1) is 0 Å². The van der Waals surface area contributed by atoms with Gasteiger partial charge in [0.25, 0.3) is 0 Å². The van der Waals surface area contributed by atoms with E-state index < -0.39 is 0 Å². The minimum atomic E-state index is 1.24. The molecule has 0 radical (unpaired) electrons. The zero-order chi connectivity index (χ0) is 7.11. The second-order valence-electron chi connectivity index (χ2n) is 1.78. The first-order valence-corrected chi connectivity index (χ1v) is 2.99. The smallest absolute Gasteiger partial charge is 0.00624 e. The van der Waals surface area contributed by atoms with Crippen LogP contribution in [0.1, 0.15) is 13.8 Å². The van der Waals surface area contributed by atoms with Gasteiger partial charge in [0.1, 0.15) is 0 Å². The van der Waals surface area contributed by atoms with Crippen LogP contribution in [0.4, 0.5) is 0 Å². The maximum atomic E-state index is 5.10. The van der Waals surface area contributed by atoms with E-state index in [2.05, 4.69) is 0 Å². The Hall–Kier alpha value is -0.980. The molecule has 1 heteroatoms. The van der Waals surface area contributed by atoms with Gasteiger partial charge in [-0.2, -0.15) is 0 Å². The fourth-order valence-electron chi connectivity index (χ4n) is 0.368. The molecule has 0 saturated heterocycles. The Balaban J connectivity index is 3.71. The molecule has 2 N–H and O–H groups in total. The van der Waals surface area contributed by atoms with Crippen molar-refractivity contribution in [3.8, 4) is 0 Å². The fourth-order valence-corrected chi connectivity index (χ4v) is 0.368. The van der Waals surface area contributed by atoms with Crippen molar-refractivity contribution in [3.63, 3.8) is 0 Å². The van der Waals surface area contributed by atoms with E-state index in [4.69, 9.17) is 5.73 Å². The van der Waals surface area contributed by atoms with E-state index in [1.807, 2.05) is 32.1 Å². The van der Waals surface area contributed by atoms with Crippen molar-refractivity contribution in [1.82, 2.24) is 0 Å². The number of hydrogen-bond acceptors (Lipinski definition) is 1. The number of hydrogen-bond donors (Lipinski definition) is 1. The van der Waals surface area contributed by atoms with Gasteiger partial charge in [0.15, 0.2) is 0 Å². The summed E-state index contributed by atoms with van der Waals surface area (Å²) in [4.78, 5) is 0. The van der Waals surface area contributed by atoms with Crippen molar-refractivity contribution in [2.75, 3.05) is 0 Å². The molecule has 0 aliphatic rings. The first-order valence-electron chi connectivity index (χ1n) is 2.99. The molecule has 0 aliphatic carbocycles. The SMILES string of the molecule is C\C=C(C)/C=C\C=C\N. The fraction of sp³-hybridized carbons (Fsp3) is 0.250. The number of allylic oxidation sites excluding steroid dienone is 5. The van der Waals surface area contributed by atoms with Gasteiger partial charge >= 0.3 is 0 Å². The Labute approximate surface area is 56.6 Å². The summed E-state index contributed by atoms with van der Waals surface area (Å²) in [5, 5.41) is 0. The molecule has 0 aliphatic heterocycles. The van der Waals surface area contributed by atoms with E-state index in [1.165, 1.54) is 11.8 Å². The highest BCUT2D eigenvalue weighted by atomic mass is 14.5. The standard InChI is InChI=1S/C8H13N/c1-3-8(2)6-4-5-7-9/h3-7H,9H2,1-2H3/b6-4-,7-5+,8-3-. The van der Waals surface area contributed by atoms with Crippen LogP contribution in [0.2, 0.25) is 0 Å². The van der Waals surface area contributed by atoms with Crippen molar-refractivity contribution in [2.24, 2.45) is 5.73 Å². The second-order valence-corrected chi connectivity index (χ2v) is 1.78. The van der Waals surface area contributed by atoms with Crippen LogP contribution in [0.25, 0.3) is 0 Å². The lowest BCUT2D eigenvalue weighted by Crippen LogP contribution is -1.72. The highest BCUT2D eigenvalue weighted by Crippen LogP contribution is 1.92. The molecule has 0 rings (SSSR count).